The van der Waals surface area contributed by atoms with E-state index in [0.717, 1.165) is 69.0 Å². The summed E-state index contributed by atoms with van der Waals surface area (Å²) in [5, 5.41) is 10.8. The molecule has 0 aliphatic rings. The first kappa shape index (κ1) is 24.0. The molecule has 0 aromatic carbocycles. The predicted molar refractivity (Wildman–Crippen MR) is 112 cm³/mol. The minimum Gasteiger partial charge on any atom is -0.466 e. The molecule has 0 bridgehead atoms. The van der Waals surface area contributed by atoms with Crippen LogP contribution in [0.2, 0.25) is 0 Å². The van der Waals surface area contributed by atoms with E-state index in [1.54, 1.807) is 0 Å². The highest BCUT2D eigenvalue weighted by Crippen LogP contribution is 2.22. The number of ether oxygens (including phenoxy) is 1. The van der Waals surface area contributed by atoms with Gasteiger partial charge < -0.3 is 19.9 Å². The smallest absolute Gasteiger partial charge is 0.305 e. The van der Waals surface area contributed by atoms with Crippen LogP contribution in [0, 0.1) is 0 Å². The van der Waals surface area contributed by atoms with Gasteiger partial charge in [0.05, 0.1) is 12.3 Å². The lowest BCUT2D eigenvalue weighted by Gasteiger charge is -2.10. The summed E-state index contributed by atoms with van der Waals surface area (Å²) in [5.41, 5.74) is 1.02. The molecule has 1 aromatic heterocycles. The predicted octanol–water partition coefficient (Wildman–Crippen LogP) is 4.15. The van der Waals surface area contributed by atoms with Gasteiger partial charge in [-0.1, -0.05) is 31.8 Å². The summed E-state index contributed by atoms with van der Waals surface area (Å²) in [6.45, 7) is 10.8. The number of hydrogen-bond acceptors (Lipinski definition) is 5. The molecule has 0 atom stereocenters. The number of carbonyl (C=O) groups is 1. The first-order valence-corrected chi connectivity index (χ1v) is 10.8. The van der Waals surface area contributed by atoms with Crippen molar-refractivity contribution in [1.82, 2.24) is 15.8 Å². The Morgan fingerprint density at radius 3 is 2.57 bits per heavy atom. The van der Waals surface area contributed by atoms with Crippen LogP contribution in [-0.4, -0.2) is 36.8 Å². The molecule has 1 heterocycles. The lowest BCUT2D eigenvalue weighted by atomic mass is 9.99. The second-order valence-electron chi connectivity index (χ2n) is 6.82. The Labute approximate surface area is 169 Å². The Balaban J connectivity index is 2.31. The molecule has 1 rings (SSSR count). The lowest BCUT2D eigenvalue weighted by Crippen LogP contribution is -2.37. The summed E-state index contributed by atoms with van der Waals surface area (Å²) < 4.78 is 10.4. The van der Waals surface area contributed by atoms with Crippen molar-refractivity contribution < 1.29 is 14.1 Å². The fourth-order valence-corrected chi connectivity index (χ4v) is 2.99. The first-order chi connectivity index (χ1) is 13.6. The average Bonchev–Trinajstić information content (AvgIpc) is 3.15. The highest BCUT2D eigenvalue weighted by atomic mass is 16.5. The van der Waals surface area contributed by atoms with Crippen LogP contribution in [0.1, 0.15) is 90.0 Å². The number of esters is 1. The molecule has 0 spiro atoms. The van der Waals surface area contributed by atoms with Crippen LogP contribution >= 0.6 is 0 Å². The number of guanidine groups is 1. The highest BCUT2D eigenvalue weighted by molar-refractivity contribution is 5.79. The molecule has 0 saturated carbocycles. The third kappa shape index (κ3) is 9.76. The third-order valence-corrected chi connectivity index (χ3v) is 4.62. The number of hydrogen-bond donors (Lipinski definition) is 2. The Kier molecular flexibility index (Phi) is 12.8. The van der Waals surface area contributed by atoms with Crippen molar-refractivity contribution in [2.45, 2.75) is 85.1 Å². The summed E-state index contributed by atoms with van der Waals surface area (Å²) in [6.07, 6.45) is 6.68. The van der Waals surface area contributed by atoms with E-state index in [-0.39, 0.29) is 5.97 Å². The molecule has 1 aromatic rings. The van der Waals surface area contributed by atoms with Crippen LogP contribution in [0.15, 0.2) is 15.6 Å². The molecule has 2 N–H and O–H groups in total. The van der Waals surface area contributed by atoms with Crippen LogP contribution in [-0.2, 0) is 16.1 Å². The maximum absolute atomic E-state index is 11.3. The molecule has 0 aliphatic carbocycles. The van der Waals surface area contributed by atoms with Crippen LogP contribution < -0.4 is 10.6 Å². The lowest BCUT2D eigenvalue weighted by molar-refractivity contribution is -0.143. The van der Waals surface area contributed by atoms with Crippen molar-refractivity contribution in [3.8, 4) is 0 Å². The van der Waals surface area contributed by atoms with Crippen molar-refractivity contribution in [2.24, 2.45) is 4.99 Å². The van der Waals surface area contributed by atoms with Gasteiger partial charge >= 0.3 is 5.97 Å². The summed E-state index contributed by atoms with van der Waals surface area (Å²) in [6, 6.07) is 2.02. The van der Waals surface area contributed by atoms with Gasteiger partial charge in [-0.3, -0.25) is 4.79 Å². The number of aromatic nitrogens is 1. The molecule has 0 saturated heterocycles. The highest BCUT2D eigenvalue weighted by Gasteiger charge is 2.12. The van der Waals surface area contributed by atoms with Gasteiger partial charge in [0.15, 0.2) is 11.7 Å². The molecule has 7 nitrogen and oxygen atoms in total. The summed E-state index contributed by atoms with van der Waals surface area (Å²) in [7, 11) is 0. The quantitative estimate of drug-likeness (QED) is 0.213. The van der Waals surface area contributed by atoms with Crippen molar-refractivity contribution in [2.75, 3.05) is 19.7 Å². The SMILES string of the molecule is CCNC(=NCc1cc(C(CC)CC)no1)NCCCCCCC(=O)OCC. The number of nitrogens with zero attached hydrogens (tertiary/aromatic N) is 2. The van der Waals surface area contributed by atoms with E-state index in [4.69, 9.17) is 9.26 Å². The van der Waals surface area contributed by atoms with Gasteiger partial charge in [0.1, 0.15) is 6.54 Å². The van der Waals surface area contributed by atoms with Crippen LogP contribution in [0.3, 0.4) is 0 Å². The normalized spacial score (nSPS) is 11.7. The summed E-state index contributed by atoms with van der Waals surface area (Å²) in [4.78, 5) is 15.9. The first-order valence-electron chi connectivity index (χ1n) is 10.8. The molecule has 0 fully saturated rings. The second kappa shape index (κ2) is 14.9. The molecule has 0 aliphatic heterocycles. The number of unbranched alkanes of at least 4 members (excludes halogenated alkanes) is 3. The van der Waals surface area contributed by atoms with Crippen molar-refractivity contribution in [3.05, 3.63) is 17.5 Å². The molecule has 28 heavy (non-hydrogen) atoms. The zero-order valence-electron chi connectivity index (χ0n) is 18.1. The number of aliphatic imine (C=N–C) groups is 1. The fraction of sp³-hybridized carbons (Fsp3) is 0.762. The molecule has 0 radical (unpaired) electrons. The van der Waals surface area contributed by atoms with Gasteiger partial charge in [-0.25, -0.2) is 4.99 Å². The van der Waals surface area contributed by atoms with E-state index in [1.165, 1.54) is 0 Å². The molecular weight excluding hydrogens is 356 g/mol. The summed E-state index contributed by atoms with van der Waals surface area (Å²) >= 11 is 0. The van der Waals surface area contributed by atoms with Gasteiger partial charge in [0, 0.05) is 31.5 Å². The molecular formula is C21H38N4O3. The average molecular weight is 395 g/mol. The fourth-order valence-electron chi connectivity index (χ4n) is 2.99. The number of rotatable bonds is 14. The third-order valence-electron chi connectivity index (χ3n) is 4.62. The minimum absolute atomic E-state index is 0.0954. The van der Waals surface area contributed by atoms with E-state index in [0.29, 0.717) is 25.5 Å². The Morgan fingerprint density at radius 1 is 1.14 bits per heavy atom. The Bertz CT molecular complexity index is 568. The van der Waals surface area contributed by atoms with Crippen molar-refractivity contribution in [3.63, 3.8) is 0 Å². The van der Waals surface area contributed by atoms with E-state index in [9.17, 15) is 4.79 Å². The van der Waals surface area contributed by atoms with Gasteiger partial charge in [-0.2, -0.15) is 0 Å². The van der Waals surface area contributed by atoms with E-state index in [2.05, 4.69) is 34.6 Å². The summed E-state index contributed by atoms with van der Waals surface area (Å²) in [5.74, 6) is 1.94. The number of carbonyl (C=O) groups excluding carboxylic acids is 1. The van der Waals surface area contributed by atoms with Crippen LogP contribution in [0.4, 0.5) is 0 Å². The monoisotopic (exact) mass is 394 g/mol. The van der Waals surface area contributed by atoms with Gasteiger partial charge in [0.25, 0.3) is 0 Å². The molecule has 160 valence electrons. The maximum Gasteiger partial charge on any atom is 0.305 e. The van der Waals surface area contributed by atoms with Crippen molar-refractivity contribution in [1.29, 1.82) is 0 Å². The molecule has 0 unspecified atom stereocenters. The zero-order valence-corrected chi connectivity index (χ0v) is 18.1. The minimum atomic E-state index is -0.0954. The van der Waals surface area contributed by atoms with Gasteiger partial charge in [0.2, 0.25) is 0 Å². The van der Waals surface area contributed by atoms with Gasteiger partial charge in [-0.15, -0.1) is 0 Å². The molecule has 0 amide bonds. The van der Waals surface area contributed by atoms with E-state index >= 15 is 0 Å². The number of nitrogens with one attached hydrogen (secondary N) is 2. The standard InChI is InChI=1S/C21H38N4O3/c1-5-17(6-2)19-15-18(28-25-19)16-24-21(22-7-3)23-14-12-10-9-11-13-20(26)27-8-4/h15,17H,5-14,16H2,1-4H3,(H2,22,23,24). The second-order valence-corrected chi connectivity index (χ2v) is 6.82. The van der Waals surface area contributed by atoms with Crippen molar-refractivity contribution >= 4 is 11.9 Å². The Hall–Kier alpha value is -2.05. The Morgan fingerprint density at radius 2 is 1.89 bits per heavy atom. The topological polar surface area (TPSA) is 88.8 Å². The zero-order chi connectivity index (χ0) is 20.6. The molecule has 7 heteroatoms. The maximum atomic E-state index is 11.3. The van der Waals surface area contributed by atoms with E-state index < -0.39 is 0 Å². The van der Waals surface area contributed by atoms with Crippen LogP contribution in [0.25, 0.3) is 0 Å². The van der Waals surface area contributed by atoms with E-state index in [1.807, 2.05) is 19.9 Å². The van der Waals surface area contributed by atoms with Gasteiger partial charge in [-0.05, 0) is 39.5 Å². The van der Waals surface area contributed by atoms with Crippen LogP contribution in [0.5, 0.6) is 0 Å². The largest absolute Gasteiger partial charge is 0.466 e.